The first-order chi connectivity index (χ1) is 8.51. The van der Waals surface area contributed by atoms with E-state index in [2.05, 4.69) is 53.7 Å². The molecule has 0 aromatic rings. The average Bonchev–Trinajstić information content (AvgIpc) is 2.86. The molecule has 0 fully saturated rings. The van der Waals surface area contributed by atoms with Crippen molar-refractivity contribution >= 4 is 0 Å². The molecule has 0 aliphatic heterocycles. The predicted octanol–water partition coefficient (Wildman–Crippen LogP) is -6.25. The summed E-state index contributed by atoms with van der Waals surface area (Å²) in [5.41, 5.74) is 8.77. The molecule has 2 aliphatic carbocycles. The SMILES string of the molecule is CCC1=[C-]CC(C)=C1C.CCC1=[C-]CC(C)=C1C.[Cl-].[Cl-].[Cl-].[Cl-].[Zr+4]. The van der Waals surface area contributed by atoms with E-state index in [1.807, 2.05) is 0 Å². The fourth-order valence-corrected chi connectivity index (χ4v) is 2.30. The summed E-state index contributed by atoms with van der Waals surface area (Å²) in [5.74, 6) is 0. The van der Waals surface area contributed by atoms with Crippen LogP contribution in [-0.4, -0.2) is 0 Å². The quantitative estimate of drug-likeness (QED) is 0.349. The Morgan fingerprint density at radius 2 is 0.913 bits per heavy atom. The van der Waals surface area contributed by atoms with Gasteiger partial charge in [0.1, 0.15) is 0 Å². The van der Waals surface area contributed by atoms with Crippen molar-refractivity contribution in [2.75, 3.05) is 0 Å². The van der Waals surface area contributed by atoms with Crippen LogP contribution >= 0.6 is 0 Å². The van der Waals surface area contributed by atoms with Gasteiger partial charge in [-0.15, -0.1) is 26.7 Å². The summed E-state index contributed by atoms with van der Waals surface area (Å²) in [6.07, 6.45) is 11.1. The van der Waals surface area contributed by atoms with Gasteiger partial charge in [-0.1, -0.05) is 40.5 Å². The van der Waals surface area contributed by atoms with Crippen LogP contribution in [-0.2, 0) is 26.2 Å². The molecule has 0 spiro atoms. The maximum Gasteiger partial charge on any atom is 4.00 e. The summed E-state index contributed by atoms with van der Waals surface area (Å²) in [5, 5.41) is 0. The fourth-order valence-electron chi connectivity index (χ4n) is 2.30. The summed E-state index contributed by atoms with van der Waals surface area (Å²) < 4.78 is 0. The van der Waals surface area contributed by atoms with E-state index >= 15 is 0 Å². The van der Waals surface area contributed by atoms with Crippen LogP contribution in [0.4, 0.5) is 0 Å². The van der Waals surface area contributed by atoms with Crippen LogP contribution in [0, 0.1) is 12.2 Å². The molecular weight excluding hydrogens is 449 g/mol. The summed E-state index contributed by atoms with van der Waals surface area (Å²) in [6.45, 7) is 13.1. The van der Waals surface area contributed by atoms with E-state index in [0.29, 0.717) is 0 Å². The van der Waals surface area contributed by atoms with Gasteiger partial charge in [0.2, 0.25) is 0 Å². The van der Waals surface area contributed by atoms with Crippen molar-refractivity contribution in [2.45, 2.75) is 67.2 Å². The first kappa shape index (κ1) is 35.2. The number of halogens is 4. The Morgan fingerprint density at radius 3 is 1.00 bits per heavy atom. The predicted molar refractivity (Wildman–Crippen MR) is 80.1 cm³/mol. The third kappa shape index (κ3) is 10.6. The zero-order valence-electron chi connectivity index (χ0n) is 14.8. The standard InChI is InChI=1S/2C9H13.4ClH.Zr/c2*1-4-9-6-5-7(2)8(9)3;;;;;/h2*4-5H2,1-3H3;4*1H;/q2*-1;;;;;+4/p-4. The molecule has 0 radical (unpaired) electrons. The molecule has 0 heterocycles. The van der Waals surface area contributed by atoms with E-state index in [1.165, 1.54) is 33.4 Å². The van der Waals surface area contributed by atoms with Gasteiger partial charge in [-0.05, 0) is 0 Å². The monoisotopic (exact) mass is 472 g/mol. The molecule has 0 aromatic carbocycles. The molecule has 0 saturated heterocycles. The van der Waals surface area contributed by atoms with Gasteiger partial charge < -0.3 is 49.6 Å². The third-order valence-corrected chi connectivity index (χ3v) is 4.03. The van der Waals surface area contributed by atoms with E-state index in [1.54, 1.807) is 0 Å². The molecule has 0 bridgehead atoms. The Bertz CT molecular complexity index is 404. The van der Waals surface area contributed by atoms with Gasteiger partial charge in [0.15, 0.2) is 0 Å². The van der Waals surface area contributed by atoms with Crippen LogP contribution in [0.25, 0.3) is 0 Å². The Kier molecular flexibility index (Phi) is 27.2. The zero-order valence-corrected chi connectivity index (χ0v) is 20.3. The molecule has 0 N–H and O–H groups in total. The molecule has 0 saturated carbocycles. The summed E-state index contributed by atoms with van der Waals surface area (Å²) in [6, 6.07) is 0. The van der Waals surface area contributed by atoms with Crippen molar-refractivity contribution in [1.82, 2.24) is 0 Å². The molecule has 0 nitrogen and oxygen atoms in total. The second-order valence-electron chi connectivity index (χ2n) is 5.18. The van der Waals surface area contributed by atoms with Gasteiger partial charge in [0.05, 0.1) is 0 Å². The van der Waals surface area contributed by atoms with Gasteiger partial charge in [-0.3, -0.25) is 12.2 Å². The second kappa shape index (κ2) is 17.8. The van der Waals surface area contributed by atoms with E-state index in [9.17, 15) is 0 Å². The van der Waals surface area contributed by atoms with E-state index in [4.69, 9.17) is 0 Å². The molecule has 2 rings (SSSR count). The first-order valence-electron chi connectivity index (χ1n) is 7.04. The topological polar surface area (TPSA) is 0 Å². The molecule has 0 unspecified atom stereocenters. The molecule has 2 aliphatic rings. The van der Waals surface area contributed by atoms with Crippen LogP contribution in [0.15, 0.2) is 33.4 Å². The van der Waals surface area contributed by atoms with E-state index in [-0.39, 0.29) is 75.8 Å². The molecule has 0 amide bonds. The van der Waals surface area contributed by atoms with Crippen LogP contribution in [0.3, 0.4) is 0 Å². The van der Waals surface area contributed by atoms with Crippen molar-refractivity contribution in [3.05, 3.63) is 45.6 Å². The zero-order chi connectivity index (χ0) is 13.7. The van der Waals surface area contributed by atoms with Gasteiger partial charge in [0, 0.05) is 0 Å². The van der Waals surface area contributed by atoms with Gasteiger partial charge in [0.25, 0.3) is 0 Å². The van der Waals surface area contributed by atoms with Crippen molar-refractivity contribution in [3.8, 4) is 0 Å². The normalized spacial score (nSPS) is 14.7. The van der Waals surface area contributed by atoms with Crippen molar-refractivity contribution in [1.29, 1.82) is 0 Å². The average molecular weight is 475 g/mol. The first-order valence-corrected chi connectivity index (χ1v) is 7.04. The van der Waals surface area contributed by atoms with Crippen molar-refractivity contribution < 1.29 is 75.8 Å². The van der Waals surface area contributed by atoms with E-state index < -0.39 is 0 Å². The maximum atomic E-state index is 3.35. The second-order valence-corrected chi connectivity index (χ2v) is 5.18. The van der Waals surface area contributed by atoms with Crippen molar-refractivity contribution in [2.24, 2.45) is 0 Å². The Labute approximate surface area is 187 Å². The van der Waals surface area contributed by atoms with Gasteiger partial charge in [-0.2, -0.15) is 22.3 Å². The molecule has 0 aromatic heterocycles. The third-order valence-electron chi connectivity index (χ3n) is 4.03. The minimum Gasteiger partial charge on any atom is -1.00 e. The smallest absolute Gasteiger partial charge is 1.00 e. The van der Waals surface area contributed by atoms with Crippen molar-refractivity contribution in [3.63, 3.8) is 0 Å². The molecular formula is C18H26Cl4Zr-2. The fraction of sp³-hybridized carbons (Fsp3) is 0.556. The van der Waals surface area contributed by atoms with Crippen LogP contribution in [0.5, 0.6) is 0 Å². The number of allylic oxidation sites excluding steroid dienone is 8. The van der Waals surface area contributed by atoms with E-state index in [0.717, 1.165) is 25.7 Å². The Balaban J connectivity index is -0.0000000771. The van der Waals surface area contributed by atoms with Crippen LogP contribution in [0.1, 0.15) is 67.2 Å². The Hall–Kier alpha value is 1.00. The molecule has 132 valence electrons. The van der Waals surface area contributed by atoms with Gasteiger partial charge >= 0.3 is 26.2 Å². The maximum absolute atomic E-state index is 3.35. The minimum absolute atomic E-state index is 0. The number of hydrogen-bond donors (Lipinski definition) is 0. The minimum atomic E-state index is 0. The van der Waals surface area contributed by atoms with Crippen LogP contribution < -0.4 is 49.6 Å². The summed E-state index contributed by atoms with van der Waals surface area (Å²) in [7, 11) is 0. The Morgan fingerprint density at radius 1 is 0.652 bits per heavy atom. The molecule has 23 heavy (non-hydrogen) atoms. The largest absolute Gasteiger partial charge is 4.00 e. The molecule has 0 atom stereocenters. The number of rotatable bonds is 2. The number of hydrogen-bond acceptors (Lipinski definition) is 0. The van der Waals surface area contributed by atoms with Crippen LogP contribution in [0.2, 0.25) is 0 Å². The molecule has 5 heteroatoms. The van der Waals surface area contributed by atoms with Gasteiger partial charge in [-0.25, -0.2) is 11.1 Å². The summed E-state index contributed by atoms with van der Waals surface area (Å²) in [4.78, 5) is 0. The summed E-state index contributed by atoms with van der Waals surface area (Å²) >= 11 is 0.